The summed E-state index contributed by atoms with van der Waals surface area (Å²) >= 11 is 1.23. The SMILES string of the molecule is CC(=O)c1sc(NC(=O)c2ccc3c(c2)CCCC3)nc1C. The molecular formula is C17H18N2O2S. The maximum absolute atomic E-state index is 12.4. The molecule has 1 aliphatic rings. The van der Waals surface area contributed by atoms with Crippen LogP contribution < -0.4 is 5.32 Å². The molecule has 0 saturated heterocycles. The number of nitrogens with one attached hydrogen (secondary N) is 1. The maximum Gasteiger partial charge on any atom is 0.257 e. The Labute approximate surface area is 133 Å². The van der Waals surface area contributed by atoms with Crippen molar-refractivity contribution in [1.82, 2.24) is 4.98 Å². The fourth-order valence-electron chi connectivity index (χ4n) is 2.82. The second-order valence-corrected chi connectivity index (χ2v) is 6.63. The van der Waals surface area contributed by atoms with Crippen molar-refractivity contribution in [1.29, 1.82) is 0 Å². The number of aromatic nitrogens is 1. The summed E-state index contributed by atoms with van der Waals surface area (Å²) in [6.07, 6.45) is 4.56. The van der Waals surface area contributed by atoms with Crippen LogP contribution in [0.5, 0.6) is 0 Å². The molecule has 0 saturated carbocycles. The number of fused-ring (bicyclic) bond motifs is 1. The molecule has 1 heterocycles. The molecule has 0 radical (unpaired) electrons. The van der Waals surface area contributed by atoms with Gasteiger partial charge in [-0.25, -0.2) is 4.98 Å². The number of ketones is 1. The fourth-order valence-corrected chi connectivity index (χ4v) is 3.68. The van der Waals surface area contributed by atoms with Gasteiger partial charge in [0.1, 0.15) is 0 Å². The molecule has 1 amide bonds. The van der Waals surface area contributed by atoms with Gasteiger partial charge in [0, 0.05) is 12.5 Å². The Morgan fingerprint density at radius 3 is 2.59 bits per heavy atom. The van der Waals surface area contributed by atoms with E-state index in [1.165, 1.54) is 42.2 Å². The number of carbonyl (C=O) groups excluding carboxylic acids is 2. The number of aryl methyl sites for hydroxylation is 3. The predicted octanol–water partition coefficient (Wildman–Crippen LogP) is 3.79. The second kappa shape index (κ2) is 6.01. The van der Waals surface area contributed by atoms with Crippen LogP contribution >= 0.6 is 11.3 Å². The summed E-state index contributed by atoms with van der Waals surface area (Å²) < 4.78 is 0. The molecule has 0 unspecified atom stereocenters. The molecule has 114 valence electrons. The van der Waals surface area contributed by atoms with E-state index in [0.717, 1.165) is 12.8 Å². The molecule has 22 heavy (non-hydrogen) atoms. The third kappa shape index (κ3) is 2.95. The van der Waals surface area contributed by atoms with E-state index < -0.39 is 0 Å². The van der Waals surface area contributed by atoms with Crippen LogP contribution in [0.3, 0.4) is 0 Å². The molecule has 1 aliphatic carbocycles. The highest BCUT2D eigenvalue weighted by Gasteiger charge is 2.16. The number of anilines is 1. The number of rotatable bonds is 3. The zero-order valence-corrected chi connectivity index (χ0v) is 13.5. The average molecular weight is 314 g/mol. The van der Waals surface area contributed by atoms with E-state index in [9.17, 15) is 9.59 Å². The Kier molecular flexibility index (Phi) is 4.07. The summed E-state index contributed by atoms with van der Waals surface area (Å²) in [6, 6.07) is 5.90. The predicted molar refractivity (Wildman–Crippen MR) is 87.9 cm³/mol. The lowest BCUT2D eigenvalue weighted by molar-refractivity contribution is 0.101. The fraction of sp³-hybridized carbons (Fsp3) is 0.353. The molecule has 1 aromatic heterocycles. The third-order valence-corrected chi connectivity index (χ3v) is 5.12. The molecule has 5 heteroatoms. The minimum Gasteiger partial charge on any atom is -0.298 e. The standard InChI is InChI=1S/C17H18N2O2S/c1-10-15(11(2)20)22-17(18-10)19-16(21)14-8-7-12-5-3-4-6-13(12)9-14/h7-9H,3-6H2,1-2H3,(H,18,19,21). The van der Waals surface area contributed by atoms with Crippen LogP contribution in [-0.4, -0.2) is 16.7 Å². The van der Waals surface area contributed by atoms with E-state index in [4.69, 9.17) is 0 Å². The first-order valence-corrected chi connectivity index (χ1v) is 8.28. The zero-order chi connectivity index (χ0) is 15.7. The van der Waals surface area contributed by atoms with Crippen molar-refractivity contribution < 1.29 is 9.59 Å². The largest absolute Gasteiger partial charge is 0.298 e. The zero-order valence-electron chi connectivity index (χ0n) is 12.7. The molecule has 2 aromatic rings. The Balaban J connectivity index is 1.80. The summed E-state index contributed by atoms with van der Waals surface area (Å²) in [4.78, 5) is 28.7. The highest BCUT2D eigenvalue weighted by molar-refractivity contribution is 7.17. The Hall–Kier alpha value is -2.01. The first-order valence-electron chi connectivity index (χ1n) is 7.46. The third-order valence-electron chi connectivity index (χ3n) is 3.95. The smallest absolute Gasteiger partial charge is 0.257 e. The quantitative estimate of drug-likeness (QED) is 0.877. The Bertz CT molecular complexity index is 749. The van der Waals surface area contributed by atoms with Gasteiger partial charge in [-0.15, -0.1) is 0 Å². The van der Waals surface area contributed by atoms with Crippen LogP contribution in [-0.2, 0) is 12.8 Å². The van der Waals surface area contributed by atoms with Crippen LogP contribution in [0.2, 0.25) is 0 Å². The molecule has 3 rings (SSSR count). The lowest BCUT2D eigenvalue weighted by Crippen LogP contribution is -2.13. The normalized spacial score (nSPS) is 13.5. The van der Waals surface area contributed by atoms with Gasteiger partial charge in [-0.1, -0.05) is 17.4 Å². The first-order chi connectivity index (χ1) is 10.5. The number of thiazole rings is 1. The topological polar surface area (TPSA) is 59.1 Å². The maximum atomic E-state index is 12.4. The second-order valence-electron chi connectivity index (χ2n) is 5.63. The van der Waals surface area contributed by atoms with Crippen molar-refractivity contribution in [3.8, 4) is 0 Å². The van der Waals surface area contributed by atoms with Crippen molar-refractivity contribution in [3.05, 3.63) is 45.5 Å². The lowest BCUT2D eigenvalue weighted by atomic mass is 9.90. The van der Waals surface area contributed by atoms with Gasteiger partial charge < -0.3 is 0 Å². The van der Waals surface area contributed by atoms with Crippen molar-refractivity contribution >= 4 is 28.2 Å². The molecule has 0 bridgehead atoms. The van der Waals surface area contributed by atoms with Gasteiger partial charge in [-0.2, -0.15) is 0 Å². The number of benzene rings is 1. The molecule has 1 aromatic carbocycles. The molecular weight excluding hydrogens is 296 g/mol. The molecule has 0 atom stereocenters. The monoisotopic (exact) mass is 314 g/mol. The summed E-state index contributed by atoms with van der Waals surface area (Å²) in [7, 11) is 0. The van der Waals surface area contributed by atoms with Crippen molar-refractivity contribution in [2.24, 2.45) is 0 Å². The van der Waals surface area contributed by atoms with Crippen LogP contribution in [0.1, 0.15) is 56.6 Å². The van der Waals surface area contributed by atoms with E-state index in [-0.39, 0.29) is 11.7 Å². The average Bonchev–Trinajstić information content (AvgIpc) is 2.87. The number of carbonyl (C=O) groups is 2. The van der Waals surface area contributed by atoms with Gasteiger partial charge in [0.15, 0.2) is 10.9 Å². The van der Waals surface area contributed by atoms with Crippen LogP contribution in [0.25, 0.3) is 0 Å². The van der Waals surface area contributed by atoms with Gasteiger partial charge >= 0.3 is 0 Å². The van der Waals surface area contributed by atoms with E-state index in [1.807, 2.05) is 12.1 Å². The highest BCUT2D eigenvalue weighted by Crippen LogP contribution is 2.25. The van der Waals surface area contributed by atoms with Crippen molar-refractivity contribution in [2.45, 2.75) is 39.5 Å². The van der Waals surface area contributed by atoms with Crippen molar-refractivity contribution in [3.63, 3.8) is 0 Å². The van der Waals surface area contributed by atoms with Crippen LogP contribution in [0.15, 0.2) is 18.2 Å². The summed E-state index contributed by atoms with van der Waals surface area (Å²) in [5, 5.41) is 3.27. The Morgan fingerprint density at radius 1 is 1.18 bits per heavy atom. The minimum absolute atomic E-state index is 0.0238. The summed E-state index contributed by atoms with van der Waals surface area (Å²) in [6.45, 7) is 3.29. The number of Topliss-reactive ketones (excluding diaryl/α,β-unsaturated/α-hetero) is 1. The Morgan fingerprint density at radius 2 is 1.91 bits per heavy atom. The van der Waals surface area contributed by atoms with E-state index in [2.05, 4.69) is 16.4 Å². The molecule has 0 aliphatic heterocycles. The van der Waals surface area contributed by atoms with Gasteiger partial charge in [-0.3, -0.25) is 14.9 Å². The minimum atomic E-state index is -0.169. The lowest BCUT2D eigenvalue weighted by Gasteiger charge is -2.16. The van der Waals surface area contributed by atoms with Crippen LogP contribution in [0, 0.1) is 6.92 Å². The summed E-state index contributed by atoms with van der Waals surface area (Å²) in [5.41, 5.74) is 3.95. The number of hydrogen-bond donors (Lipinski definition) is 1. The molecule has 1 N–H and O–H groups in total. The van der Waals surface area contributed by atoms with Gasteiger partial charge in [0.05, 0.1) is 10.6 Å². The number of amides is 1. The van der Waals surface area contributed by atoms with E-state index in [0.29, 0.717) is 21.3 Å². The summed E-state index contributed by atoms with van der Waals surface area (Å²) in [5.74, 6) is -0.193. The highest BCUT2D eigenvalue weighted by atomic mass is 32.1. The van der Waals surface area contributed by atoms with Gasteiger partial charge in [0.2, 0.25) is 0 Å². The van der Waals surface area contributed by atoms with Gasteiger partial charge in [0.25, 0.3) is 5.91 Å². The first kappa shape index (κ1) is 14.9. The number of hydrogen-bond acceptors (Lipinski definition) is 4. The molecule has 4 nitrogen and oxygen atoms in total. The van der Waals surface area contributed by atoms with E-state index in [1.54, 1.807) is 6.92 Å². The van der Waals surface area contributed by atoms with E-state index >= 15 is 0 Å². The van der Waals surface area contributed by atoms with Gasteiger partial charge in [-0.05, 0) is 55.9 Å². The molecule has 0 spiro atoms. The van der Waals surface area contributed by atoms with Crippen LogP contribution in [0.4, 0.5) is 5.13 Å². The number of nitrogens with zero attached hydrogens (tertiary/aromatic N) is 1. The molecule has 0 fully saturated rings. The van der Waals surface area contributed by atoms with Crippen molar-refractivity contribution in [2.75, 3.05) is 5.32 Å².